The fraction of sp³-hybridized carbons (Fsp3) is 0.636. The summed E-state index contributed by atoms with van der Waals surface area (Å²) in [6.45, 7) is 4.92. The van der Waals surface area contributed by atoms with Gasteiger partial charge in [-0.1, -0.05) is 0 Å². The lowest BCUT2D eigenvalue weighted by Crippen LogP contribution is -2.33. The fourth-order valence-electron chi connectivity index (χ4n) is 1.59. The van der Waals surface area contributed by atoms with Crippen molar-refractivity contribution in [3.8, 4) is 0 Å². The summed E-state index contributed by atoms with van der Waals surface area (Å²) in [4.78, 5) is 11.8. The predicted molar refractivity (Wildman–Crippen MR) is 65.6 cm³/mol. The second-order valence-electron chi connectivity index (χ2n) is 3.97. The number of carbonyl (C=O) groups excluding carboxylic acids is 1. The zero-order chi connectivity index (χ0) is 12.8. The van der Waals surface area contributed by atoms with Gasteiger partial charge in [-0.3, -0.25) is 9.48 Å². The molecular weight excluding hydrogens is 220 g/mol. The molecule has 96 valence electrons. The molecule has 0 bridgehead atoms. The van der Waals surface area contributed by atoms with Gasteiger partial charge >= 0.3 is 0 Å². The minimum absolute atomic E-state index is 0.0627. The van der Waals surface area contributed by atoms with Crippen molar-refractivity contribution in [3.05, 3.63) is 11.8 Å². The van der Waals surface area contributed by atoms with E-state index in [4.69, 9.17) is 10.5 Å². The highest BCUT2D eigenvalue weighted by Crippen LogP contribution is 2.11. The number of nitrogens with two attached hydrogens (primary N) is 1. The summed E-state index contributed by atoms with van der Waals surface area (Å²) in [6, 6.07) is 1.39. The molecule has 1 amide bonds. The van der Waals surface area contributed by atoms with E-state index in [1.807, 2.05) is 6.92 Å². The highest BCUT2D eigenvalue weighted by atomic mass is 16.5. The molecule has 0 aliphatic heterocycles. The standard InChI is InChI=1S/C11H20N4O2/c1-8-7-10(12)14-15(8)9(2)11(16)13-5-4-6-17-3/h7,9H,4-6H2,1-3H3,(H2,12,14)(H,13,16). The van der Waals surface area contributed by atoms with Crippen molar-refractivity contribution < 1.29 is 9.53 Å². The molecule has 1 atom stereocenters. The summed E-state index contributed by atoms with van der Waals surface area (Å²) >= 11 is 0. The number of carbonyl (C=O) groups is 1. The number of methoxy groups -OCH3 is 1. The van der Waals surface area contributed by atoms with Crippen LogP contribution >= 0.6 is 0 Å². The number of nitrogens with zero attached hydrogens (tertiary/aromatic N) is 2. The van der Waals surface area contributed by atoms with Gasteiger partial charge in [0.05, 0.1) is 0 Å². The molecule has 0 aliphatic rings. The lowest BCUT2D eigenvalue weighted by molar-refractivity contribution is -0.124. The van der Waals surface area contributed by atoms with Gasteiger partial charge in [-0.25, -0.2) is 0 Å². The van der Waals surface area contributed by atoms with Gasteiger partial charge in [-0.15, -0.1) is 0 Å². The Balaban J connectivity index is 2.49. The van der Waals surface area contributed by atoms with Crippen LogP contribution in [0.2, 0.25) is 0 Å². The second-order valence-corrected chi connectivity index (χ2v) is 3.97. The van der Waals surface area contributed by atoms with Gasteiger partial charge in [-0.05, 0) is 20.3 Å². The minimum atomic E-state index is -0.352. The molecule has 1 aromatic rings. The smallest absolute Gasteiger partial charge is 0.244 e. The van der Waals surface area contributed by atoms with Gasteiger partial charge in [-0.2, -0.15) is 5.10 Å². The normalized spacial score (nSPS) is 12.4. The van der Waals surface area contributed by atoms with Crippen LogP contribution in [-0.2, 0) is 9.53 Å². The Hall–Kier alpha value is -1.56. The summed E-state index contributed by atoms with van der Waals surface area (Å²) in [7, 11) is 1.64. The van der Waals surface area contributed by atoms with E-state index in [9.17, 15) is 4.79 Å². The van der Waals surface area contributed by atoms with Crippen LogP contribution in [0.4, 0.5) is 5.82 Å². The van der Waals surface area contributed by atoms with Crippen molar-refractivity contribution in [3.63, 3.8) is 0 Å². The van der Waals surface area contributed by atoms with E-state index in [1.54, 1.807) is 24.8 Å². The molecule has 0 fully saturated rings. The molecule has 0 aliphatic carbocycles. The van der Waals surface area contributed by atoms with E-state index in [0.29, 0.717) is 19.0 Å². The van der Waals surface area contributed by atoms with E-state index in [0.717, 1.165) is 12.1 Å². The van der Waals surface area contributed by atoms with Crippen LogP contribution in [0.15, 0.2) is 6.07 Å². The Morgan fingerprint density at radius 1 is 1.71 bits per heavy atom. The monoisotopic (exact) mass is 240 g/mol. The maximum Gasteiger partial charge on any atom is 0.244 e. The second kappa shape index (κ2) is 6.24. The average Bonchev–Trinajstić information content (AvgIpc) is 2.62. The van der Waals surface area contributed by atoms with E-state index in [1.165, 1.54) is 0 Å². The molecule has 0 spiro atoms. The highest BCUT2D eigenvalue weighted by molar-refractivity contribution is 5.79. The molecule has 0 radical (unpaired) electrons. The third kappa shape index (κ3) is 3.74. The molecule has 1 unspecified atom stereocenters. The maximum atomic E-state index is 11.8. The zero-order valence-electron chi connectivity index (χ0n) is 10.6. The number of aromatic nitrogens is 2. The van der Waals surface area contributed by atoms with E-state index in [-0.39, 0.29) is 11.9 Å². The summed E-state index contributed by atoms with van der Waals surface area (Å²) in [5.41, 5.74) is 6.45. The van der Waals surface area contributed by atoms with E-state index < -0.39 is 0 Å². The molecule has 1 aromatic heterocycles. The number of nitrogen functional groups attached to an aromatic ring is 1. The van der Waals surface area contributed by atoms with Gasteiger partial charge in [0.15, 0.2) is 0 Å². The van der Waals surface area contributed by atoms with Crippen molar-refractivity contribution in [2.24, 2.45) is 0 Å². The highest BCUT2D eigenvalue weighted by Gasteiger charge is 2.17. The molecule has 17 heavy (non-hydrogen) atoms. The maximum absolute atomic E-state index is 11.8. The molecule has 6 heteroatoms. The molecule has 0 saturated heterocycles. The number of amides is 1. The largest absolute Gasteiger partial charge is 0.385 e. The van der Waals surface area contributed by atoms with Crippen molar-refractivity contribution in [2.75, 3.05) is 26.0 Å². The Morgan fingerprint density at radius 2 is 2.41 bits per heavy atom. The number of ether oxygens (including phenoxy) is 1. The zero-order valence-corrected chi connectivity index (χ0v) is 10.6. The Labute approximate surface area is 101 Å². The molecule has 1 heterocycles. The van der Waals surface area contributed by atoms with Crippen LogP contribution < -0.4 is 11.1 Å². The minimum Gasteiger partial charge on any atom is -0.385 e. The average molecular weight is 240 g/mol. The van der Waals surface area contributed by atoms with Gasteiger partial charge in [0.1, 0.15) is 11.9 Å². The summed E-state index contributed by atoms with van der Waals surface area (Å²) in [5.74, 6) is 0.369. The molecule has 1 rings (SSSR count). The molecule has 3 N–H and O–H groups in total. The number of hydrogen-bond donors (Lipinski definition) is 2. The van der Waals surface area contributed by atoms with Crippen molar-refractivity contribution in [1.29, 1.82) is 0 Å². The van der Waals surface area contributed by atoms with Gasteiger partial charge < -0.3 is 15.8 Å². The number of hydrogen-bond acceptors (Lipinski definition) is 4. The fourth-order valence-corrected chi connectivity index (χ4v) is 1.59. The Bertz CT molecular complexity index is 376. The number of aryl methyl sites for hydroxylation is 1. The number of nitrogens with one attached hydrogen (secondary N) is 1. The summed E-state index contributed by atoms with van der Waals surface area (Å²) in [5, 5.41) is 6.92. The molecule has 0 aromatic carbocycles. The molecule has 0 saturated carbocycles. The SMILES string of the molecule is COCCCNC(=O)C(C)n1nc(N)cc1C. The van der Waals surface area contributed by atoms with Crippen LogP contribution in [0, 0.1) is 6.92 Å². The molecular formula is C11H20N4O2. The first-order valence-corrected chi connectivity index (χ1v) is 5.64. The van der Waals surface area contributed by atoms with E-state index in [2.05, 4.69) is 10.4 Å². The van der Waals surface area contributed by atoms with Crippen LogP contribution in [0.5, 0.6) is 0 Å². The Morgan fingerprint density at radius 3 is 2.94 bits per heavy atom. The number of anilines is 1. The van der Waals surface area contributed by atoms with Gasteiger partial charge in [0, 0.05) is 32.0 Å². The van der Waals surface area contributed by atoms with E-state index >= 15 is 0 Å². The van der Waals surface area contributed by atoms with Crippen LogP contribution in [0.3, 0.4) is 0 Å². The summed E-state index contributed by atoms with van der Waals surface area (Å²) in [6.07, 6.45) is 0.801. The van der Waals surface area contributed by atoms with Crippen LogP contribution in [-0.4, -0.2) is 35.9 Å². The topological polar surface area (TPSA) is 82.2 Å². The first-order chi connectivity index (χ1) is 8.06. The van der Waals surface area contributed by atoms with Crippen molar-refractivity contribution >= 4 is 11.7 Å². The quantitative estimate of drug-likeness (QED) is 0.709. The van der Waals surface area contributed by atoms with Crippen LogP contribution in [0.1, 0.15) is 25.1 Å². The van der Waals surface area contributed by atoms with Gasteiger partial charge in [0.2, 0.25) is 5.91 Å². The van der Waals surface area contributed by atoms with Crippen molar-refractivity contribution in [2.45, 2.75) is 26.3 Å². The van der Waals surface area contributed by atoms with Gasteiger partial charge in [0.25, 0.3) is 0 Å². The number of rotatable bonds is 6. The third-order valence-electron chi connectivity index (χ3n) is 2.51. The van der Waals surface area contributed by atoms with Crippen LogP contribution in [0.25, 0.3) is 0 Å². The van der Waals surface area contributed by atoms with Crippen molar-refractivity contribution in [1.82, 2.24) is 15.1 Å². The lowest BCUT2D eigenvalue weighted by Gasteiger charge is -2.14. The first-order valence-electron chi connectivity index (χ1n) is 5.64. The predicted octanol–water partition coefficient (Wildman–Crippen LogP) is 0.487. The lowest BCUT2D eigenvalue weighted by atomic mass is 10.3. The Kier molecular flexibility index (Phi) is 4.96. The molecule has 6 nitrogen and oxygen atoms in total. The first kappa shape index (κ1) is 13.5. The third-order valence-corrected chi connectivity index (χ3v) is 2.51. The summed E-state index contributed by atoms with van der Waals surface area (Å²) < 4.78 is 6.53.